The molecule has 1 fully saturated rings. The highest BCUT2D eigenvalue weighted by Crippen LogP contribution is 2.25. The molecule has 0 saturated carbocycles. The number of benzene rings is 1. The molecule has 15 nitrogen and oxygen atoms in total. The minimum atomic E-state index is -1.55. The van der Waals surface area contributed by atoms with Gasteiger partial charge in [-0.05, 0) is 76.1 Å². The summed E-state index contributed by atoms with van der Waals surface area (Å²) in [6, 6.07) is 11.5. The van der Waals surface area contributed by atoms with Crippen molar-refractivity contribution >= 4 is 35.8 Å². The van der Waals surface area contributed by atoms with E-state index in [-0.39, 0.29) is 0 Å². The van der Waals surface area contributed by atoms with E-state index < -0.39 is 35.8 Å². The number of piperazine rings is 1. The maximum absolute atomic E-state index is 9.41. The van der Waals surface area contributed by atoms with Crippen LogP contribution in [0.4, 0.5) is 0 Å². The smallest absolute Gasteiger partial charge is 0.0643 e. The summed E-state index contributed by atoms with van der Waals surface area (Å²) in [5, 5.41) is 56.5. The quantitative estimate of drug-likeness (QED) is 0.213. The summed E-state index contributed by atoms with van der Waals surface area (Å²) in [5.74, 6) is -9.28. The Morgan fingerprint density at radius 3 is 1.26 bits per heavy atom. The summed E-state index contributed by atoms with van der Waals surface area (Å²) in [7, 11) is 6.53. The van der Waals surface area contributed by atoms with Gasteiger partial charge in [-0.1, -0.05) is 30.3 Å². The molecule has 15 heteroatoms. The maximum atomic E-state index is 9.41. The molecule has 1 heterocycles. The average Bonchev–Trinajstić information content (AvgIpc) is 2.92. The van der Waals surface area contributed by atoms with Gasteiger partial charge in [-0.15, -0.1) is 0 Å². The number of carboxylic acid groups (broad SMARTS) is 6. The second kappa shape index (κ2) is 23.8. The van der Waals surface area contributed by atoms with Crippen molar-refractivity contribution in [1.82, 2.24) is 14.7 Å². The van der Waals surface area contributed by atoms with Crippen LogP contribution in [0.1, 0.15) is 18.0 Å². The van der Waals surface area contributed by atoms with E-state index in [9.17, 15) is 59.4 Å². The van der Waals surface area contributed by atoms with Gasteiger partial charge in [0.25, 0.3) is 0 Å². The molecule has 1 aromatic carbocycles. The minimum Gasteiger partial charge on any atom is -0.545 e. The third kappa shape index (κ3) is 27.1. The van der Waals surface area contributed by atoms with Gasteiger partial charge in [0.2, 0.25) is 0 Å². The number of carbonyl (C=O) groups is 6. The number of rotatable bonds is 11. The van der Waals surface area contributed by atoms with Gasteiger partial charge < -0.3 is 69.2 Å². The third-order valence-electron chi connectivity index (χ3n) is 5.08. The normalized spacial score (nSPS) is 14.0. The highest BCUT2D eigenvalue weighted by atomic mass is 16.4. The van der Waals surface area contributed by atoms with Crippen LogP contribution in [0.15, 0.2) is 66.8 Å². The second-order valence-electron chi connectivity index (χ2n) is 8.77. The van der Waals surface area contributed by atoms with Gasteiger partial charge >= 0.3 is 0 Å². The van der Waals surface area contributed by atoms with Crippen LogP contribution < -0.4 is 30.6 Å². The number of carbonyl (C=O) groups excluding carboxylic acids is 6. The highest BCUT2D eigenvalue weighted by Gasteiger charge is 2.23. The summed E-state index contributed by atoms with van der Waals surface area (Å²) in [4.78, 5) is 63.8. The van der Waals surface area contributed by atoms with Crippen LogP contribution in [-0.2, 0) is 28.8 Å². The zero-order valence-electron chi connectivity index (χ0n) is 23.9. The summed E-state index contributed by atoms with van der Waals surface area (Å²) in [6.07, 6.45) is 3.51. The van der Waals surface area contributed by atoms with E-state index >= 15 is 0 Å². The number of likely N-dealkylation sites (N-methyl/N-ethyl adjacent to an activating group) is 1. The average molecular weight is 604 g/mol. The van der Waals surface area contributed by atoms with Crippen molar-refractivity contribution in [2.24, 2.45) is 0 Å². The second-order valence-corrected chi connectivity index (χ2v) is 8.77. The third-order valence-corrected chi connectivity index (χ3v) is 5.08. The van der Waals surface area contributed by atoms with E-state index in [0.29, 0.717) is 42.5 Å². The van der Waals surface area contributed by atoms with Gasteiger partial charge in [0.05, 0.1) is 35.8 Å². The van der Waals surface area contributed by atoms with Gasteiger partial charge in [0, 0.05) is 32.2 Å². The van der Waals surface area contributed by atoms with E-state index in [2.05, 4.69) is 66.2 Å². The molecule has 1 atom stereocenters. The molecule has 0 radical (unpaired) electrons. The Bertz CT molecular complexity index is 980. The molecule has 2 rings (SSSR count). The number of carboxylic acids is 6. The molecule has 43 heavy (non-hydrogen) atoms. The van der Waals surface area contributed by atoms with Crippen LogP contribution in [0.5, 0.6) is 0 Å². The molecule has 1 aliphatic heterocycles. The van der Waals surface area contributed by atoms with E-state index in [1.807, 2.05) is 0 Å². The van der Waals surface area contributed by atoms with E-state index in [0.717, 1.165) is 6.54 Å². The number of nitrogens with zero attached hydrogens (tertiary/aromatic N) is 3. The summed E-state index contributed by atoms with van der Waals surface area (Å²) in [5.41, 5.74) is 1.47. The van der Waals surface area contributed by atoms with Gasteiger partial charge in [-0.3, -0.25) is 4.90 Å². The maximum Gasteiger partial charge on any atom is 0.0643 e. The molecule has 0 aliphatic carbocycles. The summed E-state index contributed by atoms with van der Waals surface area (Å²) < 4.78 is 0. The predicted octanol–water partition coefficient (Wildman–Crippen LogP) is -6.95. The molecule has 0 spiro atoms. The first-order chi connectivity index (χ1) is 20.0. The standard InChI is InChI=1S/C16H27N3.3C4H4O4/c1-17(2)10-9-16(15-7-5-4-6-8-15)19-13-11-18(3)12-14-19;3*5-3(6)1-2-4(7)8/h4-8,16H,9-14H2,1-3H3;3*1-2H,(H,5,6)(H,7,8)/p-6/b;3*2-1-. The lowest BCUT2D eigenvalue weighted by molar-refractivity contribution is -0.301. The molecule has 0 aromatic heterocycles. The fourth-order valence-electron chi connectivity index (χ4n) is 3.16. The topological polar surface area (TPSA) is 250 Å². The molecular formula is C28H33N3O12-6. The Hall–Kier alpha value is -4.86. The van der Waals surface area contributed by atoms with Crippen molar-refractivity contribution in [3.05, 3.63) is 72.4 Å². The lowest BCUT2D eigenvalue weighted by Crippen LogP contribution is -2.46. The minimum absolute atomic E-state index is 0.384. The van der Waals surface area contributed by atoms with Crippen molar-refractivity contribution in [2.45, 2.75) is 12.5 Å². The Morgan fingerprint density at radius 1 is 0.651 bits per heavy atom. The molecule has 1 saturated heterocycles. The molecule has 0 N–H and O–H groups in total. The van der Waals surface area contributed by atoms with Gasteiger partial charge in [-0.25, -0.2) is 0 Å². The fraction of sp³-hybridized carbons (Fsp3) is 0.357. The van der Waals surface area contributed by atoms with Crippen molar-refractivity contribution in [2.75, 3.05) is 53.9 Å². The molecule has 1 aliphatic rings. The highest BCUT2D eigenvalue weighted by molar-refractivity contribution is 5.88. The van der Waals surface area contributed by atoms with Crippen LogP contribution in [0.25, 0.3) is 0 Å². The lowest BCUT2D eigenvalue weighted by Gasteiger charge is -2.38. The lowest BCUT2D eigenvalue weighted by atomic mass is 10.0. The van der Waals surface area contributed by atoms with Crippen LogP contribution in [0, 0.1) is 0 Å². The van der Waals surface area contributed by atoms with E-state index in [1.165, 1.54) is 38.2 Å². The van der Waals surface area contributed by atoms with Crippen molar-refractivity contribution in [1.29, 1.82) is 0 Å². The Morgan fingerprint density at radius 2 is 0.977 bits per heavy atom. The first-order valence-corrected chi connectivity index (χ1v) is 12.5. The van der Waals surface area contributed by atoms with Crippen molar-refractivity contribution in [3.63, 3.8) is 0 Å². The molecule has 0 amide bonds. The SMILES string of the molecule is CN(C)CCC(c1ccccc1)N1CCN(C)CC1.O=C([O-])/C=C\C(=O)[O-].O=C([O-])/C=C\C(=O)[O-].O=C([O-])/C=C\C(=O)[O-]. The number of hydrogen-bond acceptors (Lipinski definition) is 15. The molecular weight excluding hydrogens is 570 g/mol. The van der Waals surface area contributed by atoms with Crippen LogP contribution in [0.2, 0.25) is 0 Å². The number of hydrogen-bond donors (Lipinski definition) is 0. The largest absolute Gasteiger partial charge is 0.545 e. The van der Waals surface area contributed by atoms with Crippen LogP contribution >= 0.6 is 0 Å². The zero-order chi connectivity index (χ0) is 33.4. The van der Waals surface area contributed by atoms with Gasteiger partial charge in [-0.2, -0.15) is 0 Å². The van der Waals surface area contributed by atoms with Crippen LogP contribution in [0.3, 0.4) is 0 Å². The van der Waals surface area contributed by atoms with Gasteiger partial charge in [0.1, 0.15) is 0 Å². The van der Waals surface area contributed by atoms with Crippen LogP contribution in [-0.4, -0.2) is 104 Å². The Balaban J connectivity index is 0. The number of aliphatic carboxylic acids is 6. The molecule has 238 valence electrons. The first kappa shape index (κ1) is 40.3. The molecule has 0 bridgehead atoms. The monoisotopic (exact) mass is 603 g/mol. The predicted molar refractivity (Wildman–Crippen MR) is 139 cm³/mol. The van der Waals surface area contributed by atoms with Crippen molar-refractivity contribution < 1.29 is 59.4 Å². The Labute approximate surface area is 248 Å². The van der Waals surface area contributed by atoms with E-state index in [1.54, 1.807) is 0 Å². The first-order valence-electron chi connectivity index (χ1n) is 12.5. The van der Waals surface area contributed by atoms with Crippen molar-refractivity contribution in [3.8, 4) is 0 Å². The fourth-order valence-corrected chi connectivity index (χ4v) is 3.16. The molecule has 1 aromatic rings. The Kier molecular flexibility index (Phi) is 22.3. The molecule has 1 unspecified atom stereocenters. The summed E-state index contributed by atoms with van der Waals surface area (Å²) >= 11 is 0. The summed E-state index contributed by atoms with van der Waals surface area (Å²) in [6.45, 7) is 5.88. The zero-order valence-corrected chi connectivity index (χ0v) is 23.9. The van der Waals surface area contributed by atoms with Gasteiger partial charge in [0.15, 0.2) is 0 Å². The van der Waals surface area contributed by atoms with E-state index in [4.69, 9.17) is 0 Å².